The molecule has 1 N–H and O–H groups in total. The standard InChI is InChI=1S/C13H16FN5/c14-12-3-1-2-10(8-12)9-19-17-13(16-18-19)11-4-6-15-7-5-11/h1-3,8,11,15H,4-7,9H2. The maximum Gasteiger partial charge on any atom is 0.177 e. The lowest BCUT2D eigenvalue weighted by molar-refractivity contribution is 0.442. The molecule has 0 radical (unpaired) electrons. The van der Waals surface area contributed by atoms with Crippen molar-refractivity contribution in [3.63, 3.8) is 0 Å². The number of nitrogens with one attached hydrogen (secondary N) is 1. The summed E-state index contributed by atoms with van der Waals surface area (Å²) in [5.74, 6) is 0.955. The fraction of sp³-hybridized carbons (Fsp3) is 0.462. The van der Waals surface area contributed by atoms with E-state index >= 15 is 0 Å². The van der Waals surface area contributed by atoms with Crippen molar-refractivity contribution in [3.05, 3.63) is 41.5 Å². The predicted octanol–water partition coefficient (Wildman–Crippen LogP) is 1.33. The molecule has 1 saturated heterocycles. The molecule has 1 aromatic heterocycles. The van der Waals surface area contributed by atoms with Gasteiger partial charge in [-0.15, -0.1) is 10.2 Å². The van der Waals surface area contributed by atoms with E-state index in [1.165, 1.54) is 16.9 Å². The van der Waals surface area contributed by atoms with E-state index in [4.69, 9.17) is 0 Å². The van der Waals surface area contributed by atoms with Crippen LogP contribution in [0.15, 0.2) is 24.3 Å². The highest BCUT2D eigenvalue weighted by Gasteiger charge is 2.19. The van der Waals surface area contributed by atoms with Crippen LogP contribution >= 0.6 is 0 Å². The van der Waals surface area contributed by atoms with Crippen LogP contribution in [0.4, 0.5) is 4.39 Å². The molecule has 1 fully saturated rings. The first-order valence-electron chi connectivity index (χ1n) is 6.54. The molecule has 0 atom stereocenters. The van der Waals surface area contributed by atoms with Gasteiger partial charge in [0.05, 0.1) is 6.54 Å². The van der Waals surface area contributed by atoms with Crippen molar-refractivity contribution < 1.29 is 4.39 Å². The smallest absolute Gasteiger partial charge is 0.177 e. The first-order chi connectivity index (χ1) is 9.31. The van der Waals surface area contributed by atoms with E-state index in [1.54, 1.807) is 6.07 Å². The Bertz CT molecular complexity index is 547. The van der Waals surface area contributed by atoms with Crippen LogP contribution in [0, 0.1) is 5.82 Å². The maximum atomic E-state index is 13.1. The van der Waals surface area contributed by atoms with Crippen LogP contribution in [0.3, 0.4) is 0 Å². The van der Waals surface area contributed by atoms with Gasteiger partial charge < -0.3 is 5.32 Å². The lowest BCUT2D eigenvalue weighted by atomic mass is 9.98. The van der Waals surface area contributed by atoms with Gasteiger partial charge in [0.15, 0.2) is 5.82 Å². The monoisotopic (exact) mass is 261 g/mol. The number of hydrogen-bond acceptors (Lipinski definition) is 4. The van der Waals surface area contributed by atoms with Gasteiger partial charge in [0.25, 0.3) is 0 Å². The van der Waals surface area contributed by atoms with Crippen molar-refractivity contribution in [2.45, 2.75) is 25.3 Å². The third-order valence-corrected chi connectivity index (χ3v) is 3.39. The normalized spacial score (nSPS) is 16.7. The van der Waals surface area contributed by atoms with Crippen molar-refractivity contribution in [1.82, 2.24) is 25.5 Å². The molecule has 2 heterocycles. The molecule has 5 nitrogen and oxygen atoms in total. The Balaban J connectivity index is 1.70. The van der Waals surface area contributed by atoms with Crippen LogP contribution in [-0.2, 0) is 6.54 Å². The fourth-order valence-corrected chi connectivity index (χ4v) is 2.36. The second-order valence-corrected chi connectivity index (χ2v) is 4.83. The molecule has 1 aliphatic rings. The van der Waals surface area contributed by atoms with Crippen LogP contribution in [0.2, 0.25) is 0 Å². The van der Waals surface area contributed by atoms with Gasteiger partial charge in [0, 0.05) is 5.92 Å². The summed E-state index contributed by atoms with van der Waals surface area (Å²) in [5, 5.41) is 15.9. The predicted molar refractivity (Wildman–Crippen MR) is 68.2 cm³/mol. The number of rotatable bonds is 3. The first-order valence-corrected chi connectivity index (χ1v) is 6.54. The topological polar surface area (TPSA) is 55.6 Å². The zero-order valence-electron chi connectivity index (χ0n) is 10.6. The van der Waals surface area contributed by atoms with E-state index in [2.05, 4.69) is 20.7 Å². The minimum atomic E-state index is -0.240. The zero-order chi connectivity index (χ0) is 13.1. The minimum Gasteiger partial charge on any atom is -0.317 e. The number of aromatic nitrogens is 4. The Morgan fingerprint density at radius 1 is 1.32 bits per heavy atom. The maximum absolute atomic E-state index is 13.1. The summed E-state index contributed by atoms with van der Waals surface area (Å²) in [7, 11) is 0. The van der Waals surface area contributed by atoms with Crippen LogP contribution < -0.4 is 5.32 Å². The second-order valence-electron chi connectivity index (χ2n) is 4.83. The molecular formula is C13H16FN5. The Morgan fingerprint density at radius 2 is 2.16 bits per heavy atom. The molecule has 0 unspecified atom stereocenters. The molecule has 3 rings (SSSR count). The number of tetrazole rings is 1. The van der Waals surface area contributed by atoms with E-state index in [0.29, 0.717) is 12.5 Å². The zero-order valence-corrected chi connectivity index (χ0v) is 10.6. The molecule has 0 spiro atoms. The third kappa shape index (κ3) is 2.96. The Morgan fingerprint density at radius 3 is 2.95 bits per heavy atom. The van der Waals surface area contributed by atoms with Crippen molar-refractivity contribution in [1.29, 1.82) is 0 Å². The molecule has 0 saturated carbocycles. The molecule has 1 aliphatic heterocycles. The van der Waals surface area contributed by atoms with Crippen molar-refractivity contribution in [2.24, 2.45) is 0 Å². The fourth-order valence-electron chi connectivity index (χ4n) is 2.36. The van der Waals surface area contributed by atoms with Crippen molar-refractivity contribution in [3.8, 4) is 0 Å². The van der Waals surface area contributed by atoms with Gasteiger partial charge in [-0.2, -0.15) is 4.80 Å². The summed E-state index contributed by atoms with van der Waals surface area (Å²) >= 11 is 0. The first kappa shape index (κ1) is 12.2. The summed E-state index contributed by atoms with van der Waals surface area (Å²) in [6.07, 6.45) is 2.09. The average molecular weight is 261 g/mol. The van der Waals surface area contributed by atoms with Gasteiger partial charge in [0.2, 0.25) is 0 Å². The van der Waals surface area contributed by atoms with Gasteiger partial charge in [-0.1, -0.05) is 12.1 Å². The van der Waals surface area contributed by atoms with E-state index in [1.807, 2.05) is 6.07 Å². The summed E-state index contributed by atoms with van der Waals surface area (Å²) in [6.45, 7) is 2.46. The highest BCUT2D eigenvalue weighted by Crippen LogP contribution is 2.20. The van der Waals surface area contributed by atoms with Gasteiger partial charge in [0.1, 0.15) is 5.82 Å². The van der Waals surface area contributed by atoms with Gasteiger partial charge in [-0.3, -0.25) is 0 Å². The molecule has 0 amide bonds. The molecule has 0 bridgehead atoms. The molecule has 100 valence electrons. The van der Waals surface area contributed by atoms with Gasteiger partial charge in [-0.25, -0.2) is 4.39 Å². The minimum absolute atomic E-state index is 0.240. The average Bonchev–Trinajstić information content (AvgIpc) is 2.88. The van der Waals surface area contributed by atoms with E-state index in [-0.39, 0.29) is 5.82 Å². The highest BCUT2D eigenvalue weighted by atomic mass is 19.1. The van der Waals surface area contributed by atoms with Crippen LogP contribution in [0.1, 0.15) is 30.1 Å². The Kier molecular flexibility index (Phi) is 3.50. The summed E-state index contributed by atoms with van der Waals surface area (Å²) < 4.78 is 13.1. The third-order valence-electron chi connectivity index (χ3n) is 3.39. The van der Waals surface area contributed by atoms with Crippen LogP contribution in [0.25, 0.3) is 0 Å². The summed E-state index contributed by atoms with van der Waals surface area (Å²) in [4.78, 5) is 1.53. The van der Waals surface area contributed by atoms with Crippen molar-refractivity contribution in [2.75, 3.05) is 13.1 Å². The second kappa shape index (κ2) is 5.44. The Hall–Kier alpha value is -1.82. The van der Waals surface area contributed by atoms with Crippen LogP contribution in [0.5, 0.6) is 0 Å². The number of halogens is 1. The van der Waals surface area contributed by atoms with Crippen molar-refractivity contribution >= 4 is 0 Å². The quantitative estimate of drug-likeness (QED) is 0.905. The Labute approximate surface area is 110 Å². The number of piperidine rings is 1. The van der Waals surface area contributed by atoms with E-state index in [9.17, 15) is 4.39 Å². The highest BCUT2D eigenvalue weighted by molar-refractivity contribution is 5.16. The number of benzene rings is 1. The molecule has 6 heteroatoms. The van der Waals surface area contributed by atoms with E-state index < -0.39 is 0 Å². The lowest BCUT2D eigenvalue weighted by Crippen LogP contribution is -2.27. The SMILES string of the molecule is Fc1cccc(Cn2nnc(C3CCNCC3)n2)c1. The summed E-state index contributed by atoms with van der Waals surface area (Å²) in [6, 6.07) is 6.47. The van der Waals surface area contributed by atoms with Crippen LogP contribution in [-0.4, -0.2) is 33.3 Å². The molecule has 2 aromatic rings. The number of hydrogen-bond donors (Lipinski definition) is 1. The molecule has 0 aliphatic carbocycles. The molecule has 19 heavy (non-hydrogen) atoms. The van der Waals surface area contributed by atoms with Gasteiger partial charge in [-0.05, 0) is 48.8 Å². The molecule has 1 aromatic carbocycles. The summed E-state index contributed by atoms with van der Waals surface area (Å²) in [5.41, 5.74) is 0.842. The number of nitrogens with zero attached hydrogens (tertiary/aromatic N) is 4. The largest absolute Gasteiger partial charge is 0.317 e. The van der Waals surface area contributed by atoms with Gasteiger partial charge >= 0.3 is 0 Å². The van der Waals surface area contributed by atoms with E-state index in [0.717, 1.165) is 37.3 Å². The lowest BCUT2D eigenvalue weighted by Gasteiger charge is -2.19. The molecular weight excluding hydrogens is 245 g/mol.